The van der Waals surface area contributed by atoms with E-state index in [1.54, 1.807) is 11.8 Å². The molecule has 0 bridgehead atoms. The average Bonchev–Trinajstić information content (AvgIpc) is 2.61. The van der Waals surface area contributed by atoms with E-state index in [2.05, 4.69) is 32.6 Å². The number of rotatable bonds is 6. The topological polar surface area (TPSA) is 40.5 Å². The number of thioether (sulfide) groups is 1. The average molecular weight is 259 g/mol. The Labute approximate surface area is 109 Å². The molecular weight excluding hydrogens is 234 g/mol. The molecule has 0 aromatic rings. The summed E-state index contributed by atoms with van der Waals surface area (Å²) in [5.74, 6) is 1.47. The van der Waals surface area contributed by atoms with Crippen LogP contribution in [0.5, 0.6) is 0 Å². The van der Waals surface area contributed by atoms with Gasteiger partial charge < -0.3 is 10.0 Å². The first-order chi connectivity index (χ1) is 7.90. The van der Waals surface area contributed by atoms with Crippen molar-refractivity contribution in [1.82, 2.24) is 4.90 Å². The van der Waals surface area contributed by atoms with Crippen molar-refractivity contribution in [3.63, 3.8) is 0 Å². The molecular formula is C13H25NO2S. The maximum atomic E-state index is 11.9. The summed E-state index contributed by atoms with van der Waals surface area (Å²) in [7, 11) is 0. The molecule has 0 spiro atoms. The van der Waals surface area contributed by atoms with Gasteiger partial charge in [0.15, 0.2) is 0 Å². The molecule has 100 valence electrons. The van der Waals surface area contributed by atoms with E-state index in [-0.39, 0.29) is 17.4 Å². The lowest BCUT2D eigenvalue weighted by molar-refractivity contribution is -0.131. The van der Waals surface area contributed by atoms with Crippen molar-refractivity contribution < 1.29 is 9.90 Å². The van der Waals surface area contributed by atoms with Crippen LogP contribution >= 0.6 is 11.8 Å². The van der Waals surface area contributed by atoms with Crippen molar-refractivity contribution in [1.29, 1.82) is 0 Å². The molecule has 0 radical (unpaired) electrons. The van der Waals surface area contributed by atoms with Crippen molar-refractivity contribution in [3.8, 4) is 0 Å². The number of hydrogen-bond donors (Lipinski definition) is 1. The van der Waals surface area contributed by atoms with Gasteiger partial charge in [-0.05, 0) is 26.2 Å². The fourth-order valence-electron chi connectivity index (χ4n) is 2.90. The molecule has 3 nitrogen and oxygen atoms in total. The van der Waals surface area contributed by atoms with Gasteiger partial charge in [-0.3, -0.25) is 4.79 Å². The van der Waals surface area contributed by atoms with E-state index in [0.29, 0.717) is 18.2 Å². The Balaban J connectivity index is 2.80. The maximum Gasteiger partial charge on any atom is 0.222 e. The van der Waals surface area contributed by atoms with Crippen LogP contribution in [-0.4, -0.2) is 45.6 Å². The zero-order chi connectivity index (χ0) is 13.1. The van der Waals surface area contributed by atoms with Crippen molar-refractivity contribution >= 4 is 17.7 Å². The first-order valence-electron chi connectivity index (χ1n) is 6.44. The van der Waals surface area contributed by atoms with E-state index in [4.69, 9.17) is 5.11 Å². The first-order valence-corrected chi connectivity index (χ1v) is 7.43. The largest absolute Gasteiger partial charge is 0.396 e. The second kappa shape index (κ2) is 6.10. The third-order valence-corrected chi connectivity index (χ3v) is 4.73. The molecule has 1 aliphatic heterocycles. The molecule has 17 heavy (non-hydrogen) atoms. The van der Waals surface area contributed by atoms with Crippen LogP contribution < -0.4 is 0 Å². The summed E-state index contributed by atoms with van der Waals surface area (Å²) in [6.45, 7) is 9.82. The second-order valence-electron chi connectivity index (χ2n) is 5.56. The number of aliphatic hydroxyl groups is 1. The van der Waals surface area contributed by atoms with E-state index in [0.717, 1.165) is 18.7 Å². The highest BCUT2D eigenvalue weighted by Crippen LogP contribution is 2.36. The van der Waals surface area contributed by atoms with E-state index in [9.17, 15) is 4.79 Å². The number of hydrogen-bond acceptors (Lipinski definition) is 3. The molecule has 1 heterocycles. The van der Waals surface area contributed by atoms with Crippen LogP contribution in [0.2, 0.25) is 0 Å². The fourth-order valence-corrected chi connectivity index (χ4v) is 4.08. The predicted octanol–water partition coefficient (Wildman–Crippen LogP) is 2.14. The minimum atomic E-state index is -0.00308. The quantitative estimate of drug-likeness (QED) is 0.794. The summed E-state index contributed by atoms with van der Waals surface area (Å²) in [5, 5.41) is 8.97. The van der Waals surface area contributed by atoms with E-state index in [1.165, 1.54) is 0 Å². The Morgan fingerprint density at radius 3 is 2.53 bits per heavy atom. The van der Waals surface area contributed by atoms with Crippen LogP contribution in [0.25, 0.3) is 0 Å². The Kier molecular flexibility index (Phi) is 5.32. The Hall–Kier alpha value is -0.220. The number of likely N-dealkylation sites (tertiary alicyclic amines) is 1. The summed E-state index contributed by atoms with van der Waals surface area (Å²) >= 11 is 1.76. The monoisotopic (exact) mass is 259 g/mol. The van der Waals surface area contributed by atoms with Crippen molar-refractivity contribution in [2.75, 3.05) is 18.9 Å². The van der Waals surface area contributed by atoms with Gasteiger partial charge in [0, 0.05) is 29.5 Å². The standard InChI is InChI=1S/C13H25NO2S/c1-10(2)12(13(3,4)17-9-8-15)14-7-5-6-11(14)16/h10,12,15H,5-9H2,1-4H3. The number of amides is 1. The van der Waals surface area contributed by atoms with Gasteiger partial charge in [-0.25, -0.2) is 0 Å². The molecule has 1 N–H and O–H groups in total. The van der Waals surface area contributed by atoms with Gasteiger partial charge in [0.05, 0.1) is 6.61 Å². The smallest absolute Gasteiger partial charge is 0.222 e. The van der Waals surface area contributed by atoms with Gasteiger partial charge in [-0.1, -0.05) is 13.8 Å². The molecule has 1 aliphatic rings. The molecule has 0 aliphatic carbocycles. The molecule has 4 heteroatoms. The molecule has 1 saturated heterocycles. The van der Waals surface area contributed by atoms with Crippen LogP contribution in [0, 0.1) is 5.92 Å². The maximum absolute atomic E-state index is 11.9. The molecule has 1 atom stereocenters. The highest BCUT2D eigenvalue weighted by molar-refractivity contribution is 8.00. The number of nitrogens with zero attached hydrogens (tertiary/aromatic N) is 1. The van der Waals surface area contributed by atoms with Gasteiger partial charge in [-0.15, -0.1) is 0 Å². The molecule has 1 fully saturated rings. The second-order valence-corrected chi connectivity index (χ2v) is 7.30. The lowest BCUT2D eigenvalue weighted by Crippen LogP contribution is -2.51. The minimum absolute atomic E-state index is 0.00308. The molecule has 1 amide bonds. The first kappa shape index (κ1) is 14.8. The van der Waals surface area contributed by atoms with Gasteiger partial charge in [0.25, 0.3) is 0 Å². The summed E-state index contributed by atoms with van der Waals surface area (Å²) < 4.78 is -0.00308. The van der Waals surface area contributed by atoms with Gasteiger partial charge >= 0.3 is 0 Å². The van der Waals surface area contributed by atoms with Crippen LogP contribution in [0.4, 0.5) is 0 Å². The third-order valence-electron chi connectivity index (χ3n) is 3.35. The highest BCUT2D eigenvalue weighted by Gasteiger charge is 2.40. The molecule has 0 aromatic heterocycles. The van der Waals surface area contributed by atoms with Crippen molar-refractivity contribution in [2.45, 2.75) is 51.3 Å². The van der Waals surface area contributed by atoms with Gasteiger partial charge in [0.1, 0.15) is 0 Å². The lowest BCUT2D eigenvalue weighted by Gasteiger charge is -2.42. The van der Waals surface area contributed by atoms with E-state index in [1.807, 2.05) is 0 Å². The van der Waals surface area contributed by atoms with Crippen molar-refractivity contribution in [2.24, 2.45) is 5.92 Å². The van der Waals surface area contributed by atoms with Crippen molar-refractivity contribution in [3.05, 3.63) is 0 Å². The van der Waals surface area contributed by atoms with Crippen LogP contribution in [0.1, 0.15) is 40.5 Å². The SMILES string of the molecule is CC(C)C(N1CCCC1=O)C(C)(C)SCCO. The minimum Gasteiger partial charge on any atom is -0.396 e. The van der Waals surface area contributed by atoms with E-state index >= 15 is 0 Å². The molecule has 0 aromatic carbocycles. The predicted molar refractivity (Wildman–Crippen MR) is 73.2 cm³/mol. The van der Waals surface area contributed by atoms with Gasteiger partial charge in [0.2, 0.25) is 5.91 Å². The van der Waals surface area contributed by atoms with Crippen LogP contribution in [0.15, 0.2) is 0 Å². The summed E-state index contributed by atoms with van der Waals surface area (Å²) in [5.41, 5.74) is 0. The van der Waals surface area contributed by atoms with Crippen LogP contribution in [0.3, 0.4) is 0 Å². The summed E-state index contributed by atoms with van der Waals surface area (Å²) in [6, 6.07) is 0.258. The van der Waals surface area contributed by atoms with E-state index < -0.39 is 0 Å². The number of carbonyl (C=O) groups is 1. The Bertz CT molecular complexity index is 266. The highest BCUT2D eigenvalue weighted by atomic mass is 32.2. The zero-order valence-electron chi connectivity index (χ0n) is 11.4. The normalized spacial score (nSPS) is 19.2. The fraction of sp³-hybridized carbons (Fsp3) is 0.923. The Morgan fingerprint density at radius 1 is 1.47 bits per heavy atom. The molecule has 1 rings (SSSR count). The summed E-state index contributed by atoms with van der Waals surface area (Å²) in [4.78, 5) is 14.0. The number of aliphatic hydroxyl groups excluding tert-OH is 1. The molecule has 1 unspecified atom stereocenters. The summed E-state index contributed by atoms with van der Waals surface area (Å²) in [6.07, 6.45) is 1.69. The lowest BCUT2D eigenvalue weighted by atomic mass is 9.91. The Morgan fingerprint density at radius 2 is 2.12 bits per heavy atom. The van der Waals surface area contributed by atoms with Crippen LogP contribution in [-0.2, 0) is 4.79 Å². The molecule has 0 saturated carbocycles. The third kappa shape index (κ3) is 3.62. The number of carbonyl (C=O) groups excluding carboxylic acids is 1. The van der Waals surface area contributed by atoms with Gasteiger partial charge in [-0.2, -0.15) is 11.8 Å². The zero-order valence-corrected chi connectivity index (χ0v) is 12.2.